The third-order valence-corrected chi connectivity index (χ3v) is 4.24. The number of rotatable bonds is 4. The molecule has 1 saturated carbocycles. The number of carboxylic acid groups (broad SMARTS) is 1. The second kappa shape index (κ2) is 4.39. The van der Waals surface area contributed by atoms with Crippen molar-refractivity contribution in [3.63, 3.8) is 0 Å². The molecule has 0 atom stereocenters. The maximum absolute atomic E-state index is 11.5. The molecule has 1 N–H and O–H groups in total. The van der Waals surface area contributed by atoms with Crippen LogP contribution in [0.3, 0.4) is 0 Å². The lowest BCUT2D eigenvalue weighted by molar-refractivity contribution is -0.147. The van der Waals surface area contributed by atoms with Gasteiger partial charge in [-0.3, -0.25) is 4.79 Å². The fourth-order valence-corrected chi connectivity index (χ4v) is 2.47. The number of methoxy groups -OCH3 is 1. The minimum atomic E-state index is -0.707. The number of carboxylic acids is 1. The lowest BCUT2D eigenvalue weighted by atomic mass is 9.64. The summed E-state index contributed by atoms with van der Waals surface area (Å²) in [5.74, 6) is -0.707. The lowest BCUT2D eigenvalue weighted by Crippen LogP contribution is -2.42. The molecular weight excluding hydrogens is 228 g/mol. The molecule has 0 bridgehead atoms. The van der Waals surface area contributed by atoms with E-state index in [0.717, 1.165) is 30.4 Å². The first-order valence-corrected chi connectivity index (χ1v) is 6.32. The summed E-state index contributed by atoms with van der Waals surface area (Å²) in [6.07, 6.45) is 2.46. The van der Waals surface area contributed by atoms with E-state index in [-0.39, 0.29) is 5.60 Å². The van der Waals surface area contributed by atoms with Crippen LogP contribution < -0.4 is 0 Å². The molecule has 3 heteroatoms. The van der Waals surface area contributed by atoms with Gasteiger partial charge < -0.3 is 9.84 Å². The largest absolute Gasteiger partial charge is 0.481 e. The van der Waals surface area contributed by atoms with Gasteiger partial charge in [-0.05, 0) is 37.8 Å². The maximum Gasteiger partial charge on any atom is 0.314 e. The van der Waals surface area contributed by atoms with Crippen molar-refractivity contribution >= 4 is 5.97 Å². The van der Waals surface area contributed by atoms with E-state index >= 15 is 0 Å². The predicted molar refractivity (Wildman–Crippen MR) is 69.6 cm³/mol. The Morgan fingerprint density at radius 1 is 1.39 bits per heavy atom. The maximum atomic E-state index is 11.5. The molecule has 1 aromatic carbocycles. The molecule has 0 aromatic heterocycles. The van der Waals surface area contributed by atoms with Crippen molar-refractivity contribution < 1.29 is 14.6 Å². The van der Waals surface area contributed by atoms with Gasteiger partial charge >= 0.3 is 5.97 Å². The van der Waals surface area contributed by atoms with Crippen LogP contribution in [0.2, 0.25) is 0 Å². The Kier molecular flexibility index (Phi) is 3.20. The highest BCUT2D eigenvalue weighted by Gasteiger charge is 2.46. The molecule has 18 heavy (non-hydrogen) atoms. The number of ether oxygens (including phenoxy) is 1. The quantitative estimate of drug-likeness (QED) is 0.890. The second-order valence-corrected chi connectivity index (χ2v) is 5.54. The molecule has 0 heterocycles. The van der Waals surface area contributed by atoms with Crippen molar-refractivity contribution in [3.05, 3.63) is 35.4 Å². The van der Waals surface area contributed by atoms with Gasteiger partial charge in [-0.25, -0.2) is 0 Å². The molecular formula is C15H20O3. The molecule has 0 saturated heterocycles. The van der Waals surface area contributed by atoms with Gasteiger partial charge in [-0.1, -0.05) is 30.7 Å². The predicted octanol–water partition coefficient (Wildman–Crippen LogP) is 3.07. The van der Waals surface area contributed by atoms with E-state index in [4.69, 9.17) is 4.74 Å². The van der Waals surface area contributed by atoms with Crippen molar-refractivity contribution in [3.8, 4) is 0 Å². The van der Waals surface area contributed by atoms with E-state index in [1.165, 1.54) is 0 Å². The molecule has 3 nitrogen and oxygen atoms in total. The molecule has 1 aliphatic rings. The summed E-state index contributed by atoms with van der Waals surface area (Å²) < 4.78 is 5.46. The summed E-state index contributed by atoms with van der Waals surface area (Å²) >= 11 is 0. The van der Waals surface area contributed by atoms with Crippen molar-refractivity contribution in [1.82, 2.24) is 0 Å². The minimum absolute atomic E-state index is 0.389. The van der Waals surface area contributed by atoms with Gasteiger partial charge in [0, 0.05) is 7.11 Å². The fraction of sp³-hybridized carbons (Fsp3) is 0.533. The van der Waals surface area contributed by atoms with Crippen molar-refractivity contribution in [2.45, 2.75) is 44.1 Å². The normalized spacial score (nSPS) is 18.2. The number of hydrogen-bond acceptors (Lipinski definition) is 2. The van der Waals surface area contributed by atoms with Crippen LogP contribution >= 0.6 is 0 Å². The molecule has 1 aromatic rings. The Morgan fingerprint density at radius 2 is 2.06 bits per heavy atom. The van der Waals surface area contributed by atoms with Gasteiger partial charge in [0.05, 0.1) is 11.0 Å². The molecule has 1 aliphatic carbocycles. The molecule has 1 fully saturated rings. The number of benzene rings is 1. The average molecular weight is 248 g/mol. The van der Waals surface area contributed by atoms with Crippen molar-refractivity contribution in [1.29, 1.82) is 0 Å². The number of aliphatic carboxylic acids is 1. The SMILES string of the molecule is COC(C)(C)c1cccc(C2(C(=O)O)CCC2)c1. The van der Waals surface area contributed by atoms with E-state index in [1.54, 1.807) is 7.11 Å². The highest BCUT2D eigenvalue weighted by atomic mass is 16.5. The smallest absolute Gasteiger partial charge is 0.314 e. The van der Waals surface area contributed by atoms with E-state index in [0.29, 0.717) is 0 Å². The van der Waals surface area contributed by atoms with Gasteiger partial charge in [0.15, 0.2) is 0 Å². The third kappa shape index (κ3) is 1.93. The van der Waals surface area contributed by atoms with Gasteiger partial charge in [-0.2, -0.15) is 0 Å². The Hall–Kier alpha value is -1.35. The summed E-state index contributed by atoms with van der Waals surface area (Å²) in [4.78, 5) is 11.5. The molecule has 0 radical (unpaired) electrons. The zero-order chi connectivity index (χ0) is 13.4. The topological polar surface area (TPSA) is 46.5 Å². The first kappa shape index (κ1) is 13.1. The zero-order valence-electron chi connectivity index (χ0n) is 11.2. The van der Waals surface area contributed by atoms with E-state index in [2.05, 4.69) is 0 Å². The zero-order valence-corrected chi connectivity index (χ0v) is 11.2. The summed E-state index contributed by atoms with van der Waals surface area (Å²) in [5, 5.41) is 9.46. The molecule has 0 unspecified atom stereocenters. The highest BCUT2D eigenvalue weighted by molar-refractivity contribution is 5.82. The Morgan fingerprint density at radius 3 is 2.50 bits per heavy atom. The second-order valence-electron chi connectivity index (χ2n) is 5.54. The first-order valence-electron chi connectivity index (χ1n) is 6.32. The monoisotopic (exact) mass is 248 g/mol. The number of carbonyl (C=O) groups is 1. The highest BCUT2D eigenvalue weighted by Crippen LogP contribution is 2.44. The molecule has 2 rings (SSSR count). The summed E-state index contributed by atoms with van der Waals surface area (Å²) in [5.41, 5.74) is 0.873. The van der Waals surface area contributed by atoms with Gasteiger partial charge in [0.2, 0.25) is 0 Å². The van der Waals surface area contributed by atoms with Crippen LogP contribution in [0, 0.1) is 0 Å². The summed E-state index contributed by atoms with van der Waals surface area (Å²) in [7, 11) is 1.67. The average Bonchev–Trinajstić information content (AvgIpc) is 2.27. The van der Waals surface area contributed by atoms with E-state index in [9.17, 15) is 9.90 Å². The van der Waals surface area contributed by atoms with E-state index in [1.807, 2.05) is 38.1 Å². The summed E-state index contributed by atoms with van der Waals surface area (Å²) in [6.45, 7) is 3.97. The fourth-order valence-electron chi connectivity index (χ4n) is 2.47. The van der Waals surface area contributed by atoms with Crippen LogP contribution in [0.25, 0.3) is 0 Å². The minimum Gasteiger partial charge on any atom is -0.481 e. The van der Waals surface area contributed by atoms with Gasteiger partial charge in [-0.15, -0.1) is 0 Å². The van der Waals surface area contributed by atoms with Crippen LogP contribution in [-0.2, 0) is 20.5 Å². The van der Waals surface area contributed by atoms with Crippen molar-refractivity contribution in [2.24, 2.45) is 0 Å². The molecule has 98 valence electrons. The molecule has 0 spiro atoms. The number of hydrogen-bond donors (Lipinski definition) is 1. The van der Waals surface area contributed by atoms with Crippen LogP contribution in [0.1, 0.15) is 44.2 Å². The van der Waals surface area contributed by atoms with Crippen LogP contribution in [0.4, 0.5) is 0 Å². The van der Waals surface area contributed by atoms with Crippen LogP contribution in [-0.4, -0.2) is 18.2 Å². The Labute approximate surface area is 108 Å². The summed E-state index contributed by atoms with van der Waals surface area (Å²) in [6, 6.07) is 7.81. The van der Waals surface area contributed by atoms with Crippen LogP contribution in [0.5, 0.6) is 0 Å². The van der Waals surface area contributed by atoms with Gasteiger partial charge in [0.1, 0.15) is 0 Å². The van der Waals surface area contributed by atoms with Crippen molar-refractivity contribution in [2.75, 3.05) is 7.11 Å². The first-order chi connectivity index (χ1) is 8.42. The Bertz CT molecular complexity index is 459. The van der Waals surface area contributed by atoms with Gasteiger partial charge in [0.25, 0.3) is 0 Å². The molecule has 0 aliphatic heterocycles. The molecule has 0 amide bonds. The van der Waals surface area contributed by atoms with E-state index < -0.39 is 11.4 Å². The van der Waals surface area contributed by atoms with Crippen LogP contribution in [0.15, 0.2) is 24.3 Å². The lowest BCUT2D eigenvalue weighted by Gasteiger charge is -2.39. The standard InChI is InChI=1S/C15H20O3/c1-14(2,18-3)11-6-4-7-12(10-11)15(13(16)17)8-5-9-15/h4,6-7,10H,5,8-9H2,1-3H3,(H,16,17). The Balaban J connectivity index is 2.42. The third-order valence-electron chi connectivity index (χ3n) is 4.24.